The van der Waals surface area contributed by atoms with Crippen molar-refractivity contribution in [3.8, 4) is 11.4 Å². The number of carbonyl (C=O) groups excluding carboxylic acids is 1. The highest BCUT2D eigenvalue weighted by Crippen LogP contribution is 2.26. The number of nitrogens with zero attached hydrogens (tertiary/aromatic N) is 2. The van der Waals surface area contributed by atoms with E-state index in [-0.39, 0.29) is 5.75 Å². The van der Waals surface area contributed by atoms with Gasteiger partial charge in [0.1, 0.15) is 11.6 Å². The molecule has 2 amide bonds. The van der Waals surface area contributed by atoms with Gasteiger partial charge in [0.05, 0.1) is 11.4 Å². The van der Waals surface area contributed by atoms with Crippen LogP contribution in [0.5, 0.6) is 5.75 Å². The summed E-state index contributed by atoms with van der Waals surface area (Å²) >= 11 is 10.6. The van der Waals surface area contributed by atoms with Crippen LogP contribution in [0.3, 0.4) is 0 Å². The van der Waals surface area contributed by atoms with Crippen molar-refractivity contribution in [2.24, 2.45) is 0 Å². The molecule has 3 aromatic rings. The molecule has 0 unspecified atom stereocenters. The third-order valence-electron chi connectivity index (χ3n) is 3.47. The quantitative estimate of drug-likeness (QED) is 0.518. The lowest BCUT2D eigenvalue weighted by molar-refractivity contribution is -0.0964. The molecule has 1 aromatic heterocycles. The molecule has 0 spiro atoms. The molecule has 1 heterocycles. The second-order valence-electron chi connectivity index (χ2n) is 5.71. The van der Waals surface area contributed by atoms with Gasteiger partial charge >= 0.3 is 11.6 Å². The van der Waals surface area contributed by atoms with Crippen LogP contribution < -0.4 is 15.4 Å². The van der Waals surface area contributed by atoms with Gasteiger partial charge in [0, 0.05) is 28.4 Å². The van der Waals surface area contributed by atoms with E-state index in [9.17, 15) is 13.6 Å². The molecular weight excluding hydrogens is 413 g/mol. The average Bonchev–Trinajstić information content (AvgIpc) is 2.94. The van der Waals surface area contributed by atoms with E-state index in [2.05, 4.69) is 20.5 Å². The fraction of sp³-hybridized carbons (Fsp3) is 0.111. The Hall–Kier alpha value is -2.84. The van der Waals surface area contributed by atoms with Gasteiger partial charge in [0.2, 0.25) is 0 Å². The second-order valence-corrected chi connectivity index (χ2v) is 6.59. The van der Waals surface area contributed by atoms with Crippen molar-refractivity contribution in [2.45, 2.75) is 12.5 Å². The molecule has 0 saturated carbocycles. The SMILES string of the molecule is Cc1cc(NC(=O)Nc2cccc(Cl)c2)n(-c2ccc(OC(F)(F)Cl)cc2)n1. The summed E-state index contributed by atoms with van der Waals surface area (Å²) in [5.74, 6) is 0.272. The zero-order valence-corrected chi connectivity index (χ0v) is 15.9. The third-order valence-corrected chi connectivity index (χ3v) is 3.78. The molecule has 0 saturated heterocycles. The summed E-state index contributed by atoms with van der Waals surface area (Å²) in [7, 11) is 0. The maximum absolute atomic E-state index is 12.7. The zero-order chi connectivity index (χ0) is 20.3. The van der Waals surface area contributed by atoms with Crippen molar-refractivity contribution < 1.29 is 18.3 Å². The molecule has 0 radical (unpaired) electrons. The lowest BCUT2D eigenvalue weighted by Crippen LogP contribution is -2.21. The maximum atomic E-state index is 12.7. The number of aromatic nitrogens is 2. The van der Waals surface area contributed by atoms with E-state index in [0.29, 0.717) is 27.9 Å². The molecule has 6 nitrogen and oxygen atoms in total. The molecule has 2 N–H and O–H groups in total. The Labute approximate surface area is 169 Å². The molecule has 0 bridgehead atoms. The van der Waals surface area contributed by atoms with E-state index in [1.165, 1.54) is 28.9 Å². The van der Waals surface area contributed by atoms with Crippen molar-refractivity contribution >= 4 is 40.7 Å². The molecule has 2 aromatic carbocycles. The summed E-state index contributed by atoms with van der Waals surface area (Å²) in [5.41, 5.74) is -2.10. The number of urea groups is 1. The van der Waals surface area contributed by atoms with Crippen LogP contribution in [0.2, 0.25) is 5.02 Å². The van der Waals surface area contributed by atoms with E-state index >= 15 is 0 Å². The van der Waals surface area contributed by atoms with Crippen LogP contribution in [0, 0.1) is 6.92 Å². The van der Waals surface area contributed by atoms with Gasteiger partial charge in [-0.25, -0.2) is 9.48 Å². The predicted octanol–water partition coefficient (Wildman–Crippen LogP) is 5.65. The highest BCUT2D eigenvalue weighted by atomic mass is 35.5. The number of halogens is 4. The monoisotopic (exact) mass is 426 g/mol. The van der Waals surface area contributed by atoms with Gasteiger partial charge in [-0.3, -0.25) is 5.32 Å². The van der Waals surface area contributed by atoms with Crippen LogP contribution >= 0.6 is 23.2 Å². The number of benzene rings is 2. The van der Waals surface area contributed by atoms with Crippen molar-refractivity contribution in [1.82, 2.24) is 9.78 Å². The van der Waals surface area contributed by atoms with Crippen LogP contribution in [0.15, 0.2) is 54.6 Å². The first-order valence-corrected chi connectivity index (χ1v) is 8.72. The minimum atomic E-state index is -3.80. The molecule has 146 valence electrons. The summed E-state index contributed by atoms with van der Waals surface area (Å²) in [5, 5.41) is 10.1. The third kappa shape index (κ3) is 5.34. The van der Waals surface area contributed by atoms with E-state index in [1.54, 1.807) is 37.3 Å². The number of hydrogen-bond acceptors (Lipinski definition) is 3. The van der Waals surface area contributed by atoms with Gasteiger partial charge in [-0.1, -0.05) is 17.7 Å². The number of ether oxygens (including phenoxy) is 1. The largest absolute Gasteiger partial charge is 0.487 e. The van der Waals surface area contributed by atoms with Crippen LogP contribution in [0.25, 0.3) is 5.69 Å². The number of anilines is 2. The number of hydrogen-bond donors (Lipinski definition) is 2. The average molecular weight is 427 g/mol. The lowest BCUT2D eigenvalue weighted by Gasteiger charge is -2.12. The smallest absolute Gasteiger partial charge is 0.420 e. The molecule has 10 heteroatoms. The Balaban J connectivity index is 1.76. The fourth-order valence-corrected chi connectivity index (χ4v) is 2.70. The molecule has 0 aliphatic heterocycles. The molecule has 0 fully saturated rings. The number of carbonyl (C=O) groups is 1. The Morgan fingerprint density at radius 2 is 1.86 bits per heavy atom. The van der Waals surface area contributed by atoms with E-state index < -0.39 is 11.6 Å². The number of rotatable bonds is 5. The fourth-order valence-electron chi connectivity index (χ4n) is 2.42. The van der Waals surface area contributed by atoms with Gasteiger partial charge in [0.25, 0.3) is 0 Å². The number of amides is 2. The molecule has 28 heavy (non-hydrogen) atoms. The van der Waals surface area contributed by atoms with Gasteiger partial charge in [-0.2, -0.15) is 5.10 Å². The van der Waals surface area contributed by atoms with Crippen molar-refractivity contribution in [2.75, 3.05) is 10.6 Å². The Morgan fingerprint density at radius 3 is 2.50 bits per heavy atom. The molecular formula is C18H14Cl2F2N4O2. The topological polar surface area (TPSA) is 68.2 Å². The van der Waals surface area contributed by atoms with Crippen molar-refractivity contribution in [3.05, 3.63) is 65.3 Å². The first kappa shape index (κ1) is 19.9. The lowest BCUT2D eigenvalue weighted by atomic mass is 10.3. The van der Waals surface area contributed by atoms with Crippen molar-refractivity contribution in [3.63, 3.8) is 0 Å². The molecule has 0 atom stereocenters. The van der Waals surface area contributed by atoms with E-state index in [0.717, 1.165) is 0 Å². The number of nitrogens with one attached hydrogen (secondary N) is 2. The normalized spacial score (nSPS) is 11.2. The van der Waals surface area contributed by atoms with Crippen LogP contribution in [-0.2, 0) is 0 Å². The van der Waals surface area contributed by atoms with Gasteiger partial charge in [-0.05, 0) is 49.4 Å². The summed E-state index contributed by atoms with van der Waals surface area (Å²) in [6, 6.07) is 13.5. The van der Waals surface area contributed by atoms with E-state index in [1.807, 2.05) is 0 Å². The Morgan fingerprint density at radius 1 is 1.14 bits per heavy atom. The summed E-state index contributed by atoms with van der Waals surface area (Å²) < 4.78 is 31.2. The summed E-state index contributed by atoms with van der Waals surface area (Å²) in [4.78, 5) is 12.3. The first-order chi connectivity index (χ1) is 13.2. The number of alkyl halides is 3. The highest BCUT2D eigenvalue weighted by molar-refractivity contribution is 6.30. The summed E-state index contributed by atoms with van der Waals surface area (Å²) in [6.45, 7) is 1.75. The zero-order valence-electron chi connectivity index (χ0n) is 14.4. The number of aryl methyl sites for hydroxylation is 1. The molecule has 3 rings (SSSR count). The minimum Gasteiger partial charge on any atom is -0.420 e. The minimum absolute atomic E-state index is 0.110. The highest BCUT2D eigenvalue weighted by Gasteiger charge is 2.27. The Bertz CT molecular complexity index is 988. The van der Waals surface area contributed by atoms with Crippen LogP contribution in [-0.4, -0.2) is 21.4 Å². The Kier molecular flexibility index (Phi) is 5.71. The maximum Gasteiger partial charge on any atom is 0.487 e. The first-order valence-electron chi connectivity index (χ1n) is 7.96. The molecule has 0 aliphatic carbocycles. The van der Waals surface area contributed by atoms with Crippen LogP contribution in [0.1, 0.15) is 5.69 Å². The second kappa shape index (κ2) is 8.04. The van der Waals surface area contributed by atoms with E-state index in [4.69, 9.17) is 23.2 Å². The van der Waals surface area contributed by atoms with Crippen LogP contribution in [0.4, 0.5) is 25.1 Å². The van der Waals surface area contributed by atoms with Crippen molar-refractivity contribution in [1.29, 1.82) is 0 Å². The van der Waals surface area contributed by atoms with Gasteiger partial charge < -0.3 is 10.1 Å². The molecule has 0 aliphatic rings. The standard InChI is InChI=1S/C18H14Cl2F2N4O2/c1-11-9-16(24-17(27)23-13-4-2-3-12(19)10-13)26(25-11)14-5-7-15(8-6-14)28-18(20,21)22/h2-10H,1H3,(H2,23,24,27). The van der Waals surface area contributed by atoms with Gasteiger partial charge in [-0.15, -0.1) is 8.78 Å². The van der Waals surface area contributed by atoms with Gasteiger partial charge in [0.15, 0.2) is 0 Å². The summed E-state index contributed by atoms with van der Waals surface area (Å²) in [6.07, 6.45) is 0. The predicted molar refractivity (Wildman–Crippen MR) is 104 cm³/mol.